The second-order valence-corrected chi connectivity index (χ2v) is 3.06. The van der Waals surface area contributed by atoms with Gasteiger partial charge in [-0.3, -0.25) is 9.59 Å². The second kappa shape index (κ2) is 5.30. The molecule has 1 heterocycles. The van der Waals surface area contributed by atoms with Gasteiger partial charge in [-0.15, -0.1) is 16.7 Å². The highest BCUT2D eigenvalue weighted by Crippen LogP contribution is 2.01. The van der Waals surface area contributed by atoms with Crippen molar-refractivity contribution < 1.29 is 14.7 Å². The molecule has 0 saturated carbocycles. The molecule has 2 N–H and O–H groups in total. The van der Waals surface area contributed by atoms with Gasteiger partial charge in [0, 0.05) is 12.3 Å². The van der Waals surface area contributed by atoms with Crippen molar-refractivity contribution in [1.29, 1.82) is 0 Å². The van der Waals surface area contributed by atoms with Crippen LogP contribution in [0, 0.1) is 0 Å². The Kier molecular flexibility index (Phi) is 4.04. The van der Waals surface area contributed by atoms with Crippen molar-refractivity contribution in [3.05, 3.63) is 6.20 Å². The van der Waals surface area contributed by atoms with E-state index in [1.165, 1.54) is 6.20 Å². The second-order valence-electron chi connectivity index (χ2n) is 2.68. The summed E-state index contributed by atoms with van der Waals surface area (Å²) in [6.45, 7) is -0.293. The van der Waals surface area contributed by atoms with Crippen molar-refractivity contribution in [3.63, 3.8) is 0 Å². The first kappa shape index (κ1) is 11.4. The largest absolute Gasteiger partial charge is 0.480 e. The number of carboxylic acid groups (broad SMARTS) is 1. The molecule has 1 aromatic rings. The molecule has 1 aromatic heterocycles. The number of halogens is 1. The van der Waals surface area contributed by atoms with Gasteiger partial charge in [-0.2, -0.15) is 0 Å². The Morgan fingerprint density at radius 2 is 2.33 bits per heavy atom. The minimum atomic E-state index is -1.03. The maximum absolute atomic E-state index is 11.1. The number of aromatic nitrogens is 3. The normalized spacial score (nSPS) is 9.93. The lowest BCUT2D eigenvalue weighted by atomic mass is 10.4. The monoisotopic (exact) mass is 232 g/mol. The third kappa shape index (κ3) is 3.94. The highest BCUT2D eigenvalue weighted by molar-refractivity contribution is 6.19. The highest BCUT2D eigenvalue weighted by atomic mass is 35.5. The van der Waals surface area contributed by atoms with Gasteiger partial charge in [0.15, 0.2) is 5.82 Å². The molecule has 0 atom stereocenters. The van der Waals surface area contributed by atoms with Crippen molar-refractivity contribution >= 4 is 29.3 Å². The SMILES string of the molecule is O=C(O)Cn1cc(NC(=O)CCCl)nn1. The van der Waals surface area contributed by atoms with Crippen LogP contribution in [-0.4, -0.2) is 37.9 Å². The zero-order valence-electron chi connectivity index (χ0n) is 7.68. The molecule has 8 heteroatoms. The average Bonchev–Trinajstić information content (AvgIpc) is 2.51. The average molecular weight is 233 g/mol. The summed E-state index contributed by atoms with van der Waals surface area (Å²) < 4.78 is 1.11. The molecule has 1 rings (SSSR count). The molecule has 0 aromatic carbocycles. The summed E-state index contributed by atoms with van der Waals surface area (Å²) in [6.07, 6.45) is 1.51. The molecule has 0 aliphatic heterocycles. The fraction of sp³-hybridized carbons (Fsp3) is 0.429. The molecule has 0 fully saturated rings. The van der Waals surface area contributed by atoms with Gasteiger partial charge in [0.05, 0.1) is 6.20 Å². The number of anilines is 1. The molecule has 0 aliphatic rings. The fourth-order valence-electron chi connectivity index (χ4n) is 0.863. The number of hydrogen-bond donors (Lipinski definition) is 2. The minimum absolute atomic E-state index is 0.174. The van der Waals surface area contributed by atoms with Gasteiger partial charge in [-0.05, 0) is 0 Å². The summed E-state index contributed by atoms with van der Waals surface area (Å²) in [5, 5.41) is 17.9. The van der Waals surface area contributed by atoms with Crippen LogP contribution in [0.1, 0.15) is 6.42 Å². The topological polar surface area (TPSA) is 97.1 Å². The van der Waals surface area contributed by atoms with E-state index in [1.54, 1.807) is 0 Å². The third-order valence-corrected chi connectivity index (χ3v) is 1.61. The lowest BCUT2D eigenvalue weighted by molar-refractivity contribution is -0.137. The predicted octanol–water partition coefficient (Wildman–Crippen LogP) is -0.0699. The van der Waals surface area contributed by atoms with E-state index >= 15 is 0 Å². The summed E-state index contributed by atoms with van der Waals surface area (Å²) in [5.74, 6) is -0.882. The molecule has 0 radical (unpaired) electrons. The van der Waals surface area contributed by atoms with Gasteiger partial charge >= 0.3 is 5.97 Å². The molecular weight excluding hydrogens is 224 g/mol. The van der Waals surface area contributed by atoms with Gasteiger partial charge in [-0.1, -0.05) is 5.21 Å². The van der Waals surface area contributed by atoms with Crippen molar-refractivity contribution in [2.75, 3.05) is 11.2 Å². The zero-order chi connectivity index (χ0) is 11.3. The van der Waals surface area contributed by atoms with E-state index in [0.717, 1.165) is 4.68 Å². The van der Waals surface area contributed by atoms with Gasteiger partial charge < -0.3 is 10.4 Å². The Morgan fingerprint density at radius 3 is 2.93 bits per heavy atom. The molecule has 0 aliphatic carbocycles. The van der Waals surface area contributed by atoms with E-state index in [2.05, 4.69) is 15.6 Å². The maximum Gasteiger partial charge on any atom is 0.325 e. The minimum Gasteiger partial charge on any atom is -0.480 e. The quantitative estimate of drug-likeness (QED) is 0.693. The van der Waals surface area contributed by atoms with E-state index in [-0.39, 0.29) is 30.6 Å². The van der Waals surface area contributed by atoms with Gasteiger partial charge in [0.1, 0.15) is 6.54 Å². The summed E-state index contributed by atoms with van der Waals surface area (Å²) >= 11 is 5.36. The van der Waals surface area contributed by atoms with E-state index in [4.69, 9.17) is 16.7 Å². The Balaban J connectivity index is 2.52. The first-order valence-corrected chi connectivity index (χ1v) is 4.63. The number of amides is 1. The first-order chi connectivity index (χ1) is 7.11. The van der Waals surface area contributed by atoms with Crippen LogP contribution in [0.25, 0.3) is 0 Å². The van der Waals surface area contributed by atoms with Gasteiger partial charge in [0.25, 0.3) is 0 Å². The van der Waals surface area contributed by atoms with Crippen LogP contribution in [0.4, 0.5) is 5.82 Å². The fourth-order valence-corrected chi connectivity index (χ4v) is 1.03. The molecule has 0 saturated heterocycles. The number of rotatable bonds is 5. The summed E-state index contributed by atoms with van der Waals surface area (Å²) in [7, 11) is 0. The van der Waals surface area contributed by atoms with Crippen LogP contribution < -0.4 is 5.32 Å². The van der Waals surface area contributed by atoms with Gasteiger partial charge in [0.2, 0.25) is 5.91 Å². The van der Waals surface area contributed by atoms with E-state index in [9.17, 15) is 9.59 Å². The Hall–Kier alpha value is -1.63. The summed E-state index contributed by atoms with van der Waals surface area (Å²) in [6, 6.07) is 0. The smallest absolute Gasteiger partial charge is 0.325 e. The number of nitrogens with zero attached hydrogens (tertiary/aromatic N) is 3. The van der Waals surface area contributed by atoms with Crippen LogP contribution in [0.15, 0.2) is 6.20 Å². The molecule has 0 unspecified atom stereocenters. The number of carbonyl (C=O) groups is 2. The molecular formula is C7H9ClN4O3. The van der Waals surface area contributed by atoms with Crippen LogP contribution in [0.5, 0.6) is 0 Å². The van der Waals surface area contributed by atoms with Gasteiger partial charge in [-0.25, -0.2) is 4.68 Å². The van der Waals surface area contributed by atoms with Crippen molar-refractivity contribution in [2.45, 2.75) is 13.0 Å². The first-order valence-electron chi connectivity index (χ1n) is 4.09. The summed E-state index contributed by atoms with van der Waals surface area (Å²) in [5.41, 5.74) is 0. The number of aliphatic carboxylic acids is 1. The lowest BCUT2D eigenvalue weighted by Gasteiger charge is -1.96. The Labute approximate surface area is 90.0 Å². The van der Waals surface area contributed by atoms with Crippen LogP contribution in [-0.2, 0) is 16.1 Å². The number of carboxylic acids is 1. The maximum atomic E-state index is 11.1. The van der Waals surface area contributed by atoms with Crippen molar-refractivity contribution in [3.8, 4) is 0 Å². The Bertz CT molecular complexity index is 365. The predicted molar refractivity (Wildman–Crippen MR) is 51.6 cm³/mol. The molecule has 82 valence electrons. The van der Waals surface area contributed by atoms with Crippen LogP contribution in [0.2, 0.25) is 0 Å². The molecule has 1 amide bonds. The molecule has 15 heavy (non-hydrogen) atoms. The third-order valence-electron chi connectivity index (χ3n) is 1.42. The molecule has 7 nitrogen and oxygen atoms in total. The van der Waals surface area contributed by atoms with Crippen LogP contribution >= 0.6 is 11.6 Å². The molecule has 0 spiro atoms. The zero-order valence-corrected chi connectivity index (χ0v) is 8.44. The summed E-state index contributed by atoms with van der Waals surface area (Å²) in [4.78, 5) is 21.4. The van der Waals surface area contributed by atoms with Crippen LogP contribution in [0.3, 0.4) is 0 Å². The van der Waals surface area contributed by atoms with Crippen molar-refractivity contribution in [1.82, 2.24) is 15.0 Å². The van der Waals surface area contributed by atoms with E-state index in [0.29, 0.717) is 0 Å². The number of hydrogen-bond acceptors (Lipinski definition) is 4. The molecule has 0 bridgehead atoms. The highest BCUT2D eigenvalue weighted by Gasteiger charge is 2.06. The Morgan fingerprint density at radius 1 is 1.60 bits per heavy atom. The van der Waals surface area contributed by atoms with Crippen molar-refractivity contribution in [2.24, 2.45) is 0 Å². The lowest BCUT2D eigenvalue weighted by Crippen LogP contribution is -2.12. The van der Waals surface area contributed by atoms with E-state index < -0.39 is 5.97 Å². The standard InChI is InChI=1S/C7H9ClN4O3/c8-2-1-6(13)9-5-3-12(11-10-5)4-7(14)15/h3H,1-2,4H2,(H,9,13)(H,14,15). The number of nitrogens with one attached hydrogen (secondary N) is 1. The number of alkyl halides is 1. The van der Waals surface area contributed by atoms with E-state index in [1.807, 2.05) is 0 Å². The number of carbonyl (C=O) groups excluding carboxylic acids is 1.